The highest BCUT2D eigenvalue weighted by molar-refractivity contribution is 9.11. The maximum absolute atomic E-state index is 12.6. The molecule has 0 spiro atoms. The molecule has 1 fully saturated rings. The molecule has 1 aliphatic carbocycles. The number of carboxylic acid groups (broad SMARTS) is 1. The van der Waals surface area contributed by atoms with Crippen LogP contribution < -0.4 is 0 Å². The van der Waals surface area contributed by atoms with Crippen LogP contribution in [0.3, 0.4) is 0 Å². The molecule has 1 aromatic heterocycles. The van der Waals surface area contributed by atoms with Gasteiger partial charge in [0.2, 0.25) is 10.0 Å². The second-order valence-corrected chi connectivity index (χ2v) is 9.33. The third-order valence-electron chi connectivity index (χ3n) is 3.68. The molecule has 2 N–H and O–H groups in total. The van der Waals surface area contributed by atoms with Crippen molar-refractivity contribution in [3.63, 3.8) is 0 Å². The molecular formula is C12H16BrNO5S2. The monoisotopic (exact) mass is 397 g/mol. The first-order chi connectivity index (χ1) is 9.75. The Bertz CT molecular complexity index is 642. The van der Waals surface area contributed by atoms with E-state index in [1.165, 1.54) is 7.05 Å². The van der Waals surface area contributed by atoms with Crippen LogP contribution in [-0.4, -0.2) is 48.1 Å². The van der Waals surface area contributed by atoms with Gasteiger partial charge < -0.3 is 10.2 Å². The molecule has 2 unspecified atom stereocenters. The predicted octanol–water partition coefficient (Wildman–Crippen LogP) is 2.13. The van der Waals surface area contributed by atoms with E-state index in [4.69, 9.17) is 5.11 Å². The van der Waals surface area contributed by atoms with E-state index in [-0.39, 0.29) is 13.6 Å². The lowest BCUT2D eigenvalue weighted by molar-refractivity contribution is 0.0637. The van der Waals surface area contributed by atoms with Crippen molar-refractivity contribution in [2.45, 2.75) is 42.7 Å². The molecule has 9 heteroatoms. The Labute approximate surface area is 135 Å². The van der Waals surface area contributed by atoms with Gasteiger partial charge in [0.15, 0.2) is 0 Å². The van der Waals surface area contributed by atoms with E-state index in [9.17, 15) is 18.3 Å². The number of sulfonamides is 1. The van der Waals surface area contributed by atoms with Gasteiger partial charge >= 0.3 is 5.97 Å². The van der Waals surface area contributed by atoms with Crippen LogP contribution in [0.25, 0.3) is 0 Å². The Kier molecular flexibility index (Phi) is 5.09. The Morgan fingerprint density at radius 2 is 2.05 bits per heavy atom. The minimum Gasteiger partial charge on any atom is -0.477 e. The molecule has 0 radical (unpaired) electrons. The third-order valence-corrected chi connectivity index (χ3v) is 7.81. The summed E-state index contributed by atoms with van der Waals surface area (Å²) in [7, 11) is -2.41. The number of hydrogen-bond acceptors (Lipinski definition) is 5. The molecule has 118 valence electrons. The summed E-state index contributed by atoms with van der Waals surface area (Å²) in [6, 6.07) is 0.682. The fourth-order valence-corrected chi connectivity index (χ4v) is 6.25. The number of carboxylic acids is 1. The number of carbonyl (C=O) groups is 1. The lowest BCUT2D eigenvalue weighted by atomic mass is 9.93. The molecule has 1 saturated carbocycles. The summed E-state index contributed by atoms with van der Waals surface area (Å²) in [6.45, 7) is 0. The average molecular weight is 398 g/mol. The normalized spacial score (nSPS) is 23.4. The van der Waals surface area contributed by atoms with E-state index >= 15 is 0 Å². The molecule has 1 aliphatic rings. The zero-order valence-electron chi connectivity index (χ0n) is 11.3. The highest BCUT2D eigenvalue weighted by atomic mass is 79.9. The second kappa shape index (κ2) is 6.33. The summed E-state index contributed by atoms with van der Waals surface area (Å²) >= 11 is 3.98. The van der Waals surface area contributed by atoms with Crippen LogP contribution in [0.15, 0.2) is 14.7 Å². The third kappa shape index (κ3) is 3.31. The van der Waals surface area contributed by atoms with Crippen molar-refractivity contribution in [1.29, 1.82) is 0 Å². The van der Waals surface area contributed by atoms with Crippen molar-refractivity contribution in [2.24, 2.45) is 0 Å². The van der Waals surface area contributed by atoms with Gasteiger partial charge in [0.1, 0.15) is 9.77 Å². The fraction of sp³-hybridized carbons (Fsp3) is 0.583. The van der Waals surface area contributed by atoms with Crippen LogP contribution in [-0.2, 0) is 10.0 Å². The zero-order valence-corrected chi connectivity index (χ0v) is 14.5. The Balaban J connectivity index is 2.34. The van der Waals surface area contributed by atoms with E-state index in [1.807, 2.05) is 0 Å². The van der Waals surface area contributed by atoms with E-state index in [1.54, 1.807) is 0 Å². The van der Waals surface area contributed by atoms with Gasteiger partial charge in [-0.25, -0.2) is 13.2 Å². The fourth-order valence-electron chi connectivity index (χ4n) is 2.48. The number of likely N-dealkylation sites (N-methyl/N-ethyl adjacent to an activating group) is 1. The first kappa shape index (κ1) is 16.9. The molecule has 6 nitrogen and oxygen atoms in total. The predicted molar refractivity (Wildman–Crippen MR) is 82.2 cm³/mol. The van der Waals surface area contributed by atoms with Gasteiger partial charge in [-0.2, -0.15) is 4.31 Å². The molecule has 0 bridgehead atoms. The van der Waals surface area contributed by atoms with Gasteiger partial charge in [-0.05, 0) is 34.8 Å². The minimum absolute atomic E-state index is 0.0435. The van der Waals surface area contributed by atoms with Crippen molar-refractivity contribution in [1.82, 2.24) is 4.31 Å². The minimum atomic E-state index is -3.84. The summed E-state index contributed by atoms with van der Waals surface area (Å²) in [4.78, 5) is 10.9. The van der Waals surface area contributed by atoms with E-state index < -0.39 is 28.1 Å². The first-order valence-electron chi connectivity index (χ1n) is 6.44. The Morgan fingerprint density at radius 1 is 1.43 bits per heavy atom. The summed E-state index contributed by atoms with van der Waals surface area (Å²) in [6.07, 6.45) is 2.25. The molecule has 0 aliphatic heterocycles. The van der Waals surface area contributed by atoms with Crippen molar-refractivity contribution >= 4 is 43.3 Å². The van der Waals surface area contributed by atoms with Gasteiger partial charge in [-0.3, -0.25) is 0 Å². The average Bonchev–Trinajstić information content (AvgIpc) is 2.81. The van der Waals surface area contributed by atoms with Crippen molar-refractivity contribution in [3.05, 3.63) is 14.7 Å². The molecule has 1 aromatic rings. The standard InChI is InChI=1S/C12H16BrNO5S2/c1-14(7-4-2-3-5-8(7)15)21(18,19)10-6-9(12(16)17)20-11(10)13/h6-8,15H,2-5H2,1H3,(H,16,17). The van der Waals surface area contributed by atoms with Crippen LogP contribution in [0.4, 0.5) is 0 Å². The van der Waals surface area contributed by atoms with Gasteiger partial charge in [0.05, 0.1) is 15.9 Å². The molecule has 2 atom stereocenters. The maximum Gasteiger partial charge on any atom is 0.345 e. The highest BCUT2D eigenvalue weighted by Crippen LogP contribution is 2.35. The molecule has 0 amide bonds. The lowest BCUT2D eigenvalue weighted by Crippen LogP contribution is -2.46. The number of aliphatic hydroxyl groups excluding tert-OH is 1. The van der Waals surface area contributed by atoms with Crippen molar-refractivity contribution in [3.8, 4) is 0 Å². The second-order valence-electron chi connectivity index (χ2n) is 4.99. The van der Waals surface area contributed by atoms with Crippen molar-refractivity contribution in [2.75, 3.05) is 7.05 Å². The lowest BCUT2D eigenvalue weighted by Gasteiger charge is -2.34. The number of aromatic carboxylic acids is 1. The number of thiophene rings is 1. The largest absolute Gasteiger partial charge is 0.477 e. The topological polar surface area (TPSA) is 94.9 Å². The van der Waals surface area contributed by atoms with E-state index in [2.05, 4.69) is 15.9 Å². The molecule has 0 saturated heterocycles. The molecule has 1 heterocycles. The van der Waals surface area contributed by atoms with Gasteiger partial charge in [-0.1, -0.05) is 12.8 Å². The van der Waals surface area contributed by atoms with Gasteiger partial charge in [0, 0.05) is 7.05 Å². The first-order valence-corrected chi connectivity index (χ1v) is 9.49. The summed E-state index contributed by atoms with van der Waals surface area (Å²) in [5.74, 6) is -1.16. The molecule has 0 aromatic carbocycles. The number of rotatable bonds is 4. The SMILES string of the molecule is CN(C1CCCCC1O)S(=O)(=O)c1cc(C(=O)O)sc1Br. The van der Waals surface area contributed by atoms with Crippen LogP contribution in [0, 0.1) is 0 Å². The Morgan fingerprint density at radius 3 is 2.57 bits per heavy atom. The Hall–Kier alpha value is -0.480. The number of aliphatic hydroxyl groups is 1. The van der Waals surface area contributed by atoms with Crippen LogP contribution in [0.5, 0.6) is 0 Å². The quantitative estimate of drug-likeness (QED) is 0.811. The van der Waals surface area contributed by atoms with Gasteiger partial charge in [-0.15, -0.1) is 11.3 Å². The van der Waals surface area contributed by atoms with E-state index in [0.29, 0.717) is 12.8 Å². The molecular weight excluding hydrogens is 382 g/mol. The molecule has 2 rings (SSSR count). The number of hydrogen-bond donors (Lipinski definition) is 2. The van der Waals surface area contributed by atoms with Crippen LogP contribution >= 0.6 is 27.3 Å². The van der Waals surface area contributed by atoms with Crippen LogP contribution in [0.1, 0.15) is 35.4 Å². The smallest absolute Gasteiger partial charge is 0.345 e. The zero-order chi connectivity index (χ0) is 15.8. The van der Waals surface area contributed by atoms with Gasteiger partial charge in [0.25, 0.3) is 0 Å². The highest BCUT2D eigenvalue weighted by Gasteiger charge is 2.36. The van der Waals surface area contributed by atoms with Crippen LogP contribution in [0.2, 0.25) is 0 Å². The summed E-state index contributed by atoms with van der Waals surface area (Å²) in [5, 5.41) is 19.0. The number of halogens is 1. The maximum atomic E-state index is 12.6. The summed E-state index contributed by atoms with van der Waals surface area (Å²) in [5.41, 5.74) is 0. The number of nitrogens with zero attached hydrogens (tertiary/aromatic N) is 1. The van der Waals surface area contributed by atoms with Crippen molar-refractivity contribution < 1.29 is 23.4 Å². The molecule has 21 heavy (non-hydrogen) atoms. The summed E-state index contributed by atoms with van der Waals surface area (Å²) < 4.78 is 26.7. The van der Waals surface area contributed by atoms with E-state index in [0.717, 1.165) is 34.6 Å².